The largest absolute Gasteiger partial charge is 0.396 e. The Kier molecular flexibility index (Phi) is 2.91. The van der Waals surface area contributed by atoms with Gasteiger partial charge in [-0.2, -0.15) is 4.98 Å². The van der Waals surface area contributed by atoms with Gasteiger partial charge in [0.2, 0.25) is 5.95 Å². The highest BCUT2D eigenvalue weighted by Crippen LogP contribution is 2.37. The number of aromatic amines is 1. The van der Waals surface area contributed by atoms with Crippen molar-refractivity contribution >= 4 is 17.1 Å². The summed E-state index contributed by atoms with van der Waals surface area (Å²) in [6.45, 7) is -0.377. The molecule has 5 N–H and O–H groups in total. The molecule has 0 spiro atoms. The van der Waals surface area contributed by atoms with E-state index >= 15 is 0 Å². The third-order valence-electron chi connectivity index (χ3n) is 3.62. The number of anilines is 1. The molecular weight excluding hydrogens is 271 g/mol. The number of nitrogen functional groups attached to an aromatic ring is 1. The summed E-state index contributed by atoms with van der Waals surface area (Å²) in [6, 6.07) is -0.749. The van der Waals surface area contributed by atoms with Crippen molar-refractivity contribution in [2.75, 3.05) is 12.3 Å². The van der Waals surface area contributed by atoms with E-state index in [2.05, 4.69) is 20.3 Å². The summed E-state index contributed by atoms with van der Waals surface area (Å²) in [5, 5.41) is 26.4. The molecule has 0 amide bonds. The number of nitrogens with one attached hydrogen (secondary N) is 1. The molecule has 108 valence electrons. The molecule has 4 atom stereocenters. The van der Waals surface area contributed by atoms with Crippen LogP contribution in [0.2, 0.25) is 0 Å². The highest BCUT2D eigenvalue weighted by molar-refractivity contribution is 5.69. The molecule has 0 bridgehead atoms. The number of aliphatic hydroxyl groups excluding tert-OH is 2. The Hall–Kier alpha value is -2.07. The zero-order chi connectivity index (χ0) is 14.4. The van der Waals surface area contributed by atoms with Crippen LogP contribution in [0, 0.1) is 5.92 Å². The van der Waals surface area contributed by atoms with E-state index in [-0.39, 0.29) is 30.1 Å². The van der Waals surface area contributed by atoms with E-state index in [4.69, 9.17) is 10.8 Å². The Morgan fingerprint density at radius 1 is 1.55 bits per heavy atom. The minimum absolute atomic E-state index is 0.0331. The zero-order valence-corrected chi connectivity index (χ0v) is 10.3. The third kappa shape index (κ3) is 1.76. The summed E-state index contributed by atoms with van der Waals surface area (Å²) >= 11 is 0. The van der Waals surface area contributed by atoms with Crippen molar-refractivity contribution in [2.24, 2.45) is 5.92 Å². The van der Waals surface area contributed by atoms with Crippen molar-refractivity contribution in [3.63, 3.8) is 0 Å². The van der Waals surface area contributed by atoms with Gasteiger partial charge in [-0.3, -0.25) is 9.78 Å². The third-order valence-corrected chi connectivity index (χ3v) is 3.62. The molecule has 0 radical (unpaired) electrons. The predicted octanol–water partition coefficient (Wildman–Crippen LogP) is -1.65. The van der Waals surface area contributed by atoms with Gasteiger partial charge in [-0.25, -0.2) is 9.07 Å². The first kappa shape index (κ1) is 12.9. The summed E-state index contributed by atoms with van der Waals surface area (Å²) in [7, 11) is 0. The Morgan fingerprint density at radius 3 is 2.95 bits per heavy atom. The molecule has 1 aliphatic rings. The molecular formula is C10H13FN6O3. The quantitative estimate of drug-likeness (QED) is 0.517. The lowest BCUT2D eigenvalue weighted by molar-refractivity contribution is 0.0484. The molecule has 2 heterocycles. The summed E-state index contributed by atoms with van der Waals surface area (Å²) in [4.78, 5) is 17.8. The highest BCUT2D eigenvalue weighted by Gasteiger charge is 2.44. The fourth-order valence-corrected chi connectivity index (χ4v) is 2.57. The number of nitrogens with two attached hydrogens (primary N) is 1. The van der Waals surface area contributed by atoms with Crippen LogP contribution in [0.5, 0.6) is 0 Å². The van der Waals surface area contributed by atoms with Gasteiger partial charge in [-0.1, -0.05) is 5.21 Å². The molecule has 0 aliphatic heterocycles. The van der Waals surface area contributed by atoms with Crippen LogP contribution in [-0.4, -0.2) is 54.1 Å². The lowest BCUT2D eigenvalue weighted by atomic mass is 10.1. The van der Waals surface area contributed by atoms with E-state index in [9.17, 15) is 14.3 Å². The number of aromatic nitrogens is 5. The molecule has 4 unspecified atom stereocenters. The smallest absolute Gasteiger partial charge is 0.282 e. The van der Waals surface area contributed by atoms with Gasteiger partial charge in [0.05, 0.1) is 6.04 Å². The number of rotatable bonds is 2. The molecule has 0 aromatic carbocycles. The molecule has 1 aliphatic carbocycles. The van der Waals surface area contributed by atoms with Crippen LogP contribution in [0.25, 0.3) is 11.2 Å². The van der Waals surface area contributed by atoms with Crippen LogP contribution in [0.15, 0.2) is 4.79 Å². The summed E-state index contributed by atoms with van der Waals surface area (Å²) in [5.41, 5.74) is 4.95. The maximum absolute atomic E-state index is 13.8. The molecule has 0 saturated heterocycles. The Labute approximate surface area is 111 Å². The van der Waals surface area contributed by atoms with Gasteiger partial charge in [0.1, 0.15) is 12.3 Å². The number of hydrogen-bond acceptors (Lipinski definition) is 7. The fourth-order valence-electron chi connectivity index (χ4n) is 2.57. The number of fused-ring (bicyclic) bond motifs is 1. The predicted molar refractivity (Wildman–Crippen MR) is 65.5 cm³/mol. The van der Waals surface area contributed by atoms with E-state index in [1.54, 1.807) is 0 Å². The number of alkyl halides is 1. The molecule has 20 heavy (non-hydrogen) atoms. The van der Waals surface area contributed by atoms with Crippen molar-refractivity contribution in [1.82, 2.24) is 25.0 Å². The first-order valence-electron chi connectivity index (χ1n) is 6.06. The average molecular weight is 284 g/mol. The lowest BCUT2D eigenvalue weighted by Crippen LogP contribution is -2.28. The van der Waals surface area contributed by atoms with Gasteiger partial charge < -0.3 is 15.9 Å². The molecule has 2 aromatic rings. The summed E-state index contributed by atoms with van der Waals surface area (Å²) in [5.74, 6) is -0.803. The second-order valence-corrected chi connectivity index (χ2v) is 4.84. The van der Waals surface area contributed by atoms with Gasteiger partial charge in [0, 0.05) is 12.5 Å². The fraction of sp³-hybridized carbons (Fsp3) is 0.600. The van der Waals surface area contributed by atoms with Crippen molar-refractivity contribution in [3.05, 3.63) is 10.4 Å². The van der Waals surface area contributed by atoms with Crippen molar-refractivity contribution in [2.45, 2.75) is 24.7 Å². The van der Waals surface area contributed by atoms with Crippen LogP contribution < -0.4 is 11.3 Å². The maximum Gasteiger partial charge on any atom is 0.282 e. The molecule has 10 heteroatoms. The molecule has 1 saturated carbocycles. The first-order valence-corrected chi connectivity index (χ1v) is 6.06. The lowest BCUT2D eigenvalue weighted by Gasteiger charge is -2.15. The van der Waals surface area contributed by atoms with Crippen molar-refractivity contribution < 1.29 is 14.6 Å². The van der Waals surface area contributed by atoms with E-state index in [1.165, 1.54) is 4.68 Å². The standard InChI is InChI=1S/C10H13FN6O3/c11-5-3(2-18)1-4(7(5)19)17-8-6(15-16-17)9(20)14-10(12)13-8/h3-5,7,18-19H,1-2H2,(H3,12,13,14,20). The van der Waals surface area contributed by atoms with E-state index in [0.29, 0.717) is 0 Å². The van der Waals surface area contributed by atoms with Crippen LogP contribution in [0.1, 0.15) is 12.5 Å². The molecule has 2 aromatic heterocycles. The first-order chi connectivity index (χ1) is 9.52. The highest BCUT2D eigenvalue weighted by atomic mass is 19.1. The minimum atomic E-state index is -1.57. The Balaban J connectivity index is 2.09. The average Bonchev–Trinajstić information content (AvgIpc) is 2.93. The summed E-state index contributed by atoms with van der Waals surface area (Å²) < 4.78 is 15.0. The second-order valence-electron chi connectivity index (χ2n) is 4.84. The Bertz CT molecular complexity index is 700. The van der Waals surface area contributed by atoms with Gasteiger partial charge >= 0.3 is 0 Å². The van der Waals surface area contributed by atoms with E-state index in [1.807, 2.05) is 0 Å². The van der Waals surface area contributed by atoms with Crippen LogP contribution in [-0.2, 0) is 0 Å². The van der Waals surface area contributed by atoms with Gasteiger partial charge in [0.15, 0.2) is 11.2 Å². The number of H-pyrrole nitrogens is 1. The van der Waals surface area contributed by atoms with Gasteiger partial charge in [0.25, 0.3) is 5.56 Å². The number of hydrogen-bond donors (Lipinski definition) is 4. The summed E-state index contributed by atoms with van der Waals surface area (Å²) in [6.07, 6.45) is -2.74. The number of nitrogens with zero attached hydrogens (tertiary/aromatic N) is 4. The van der Waals surface area contributed by atoms with E-state index < -0.39 is 29.8 Å². The minimum Gasteiger partial charge on any atom is -0.396 e. The zero-order valence-electron chi connectivity index (χ0n) is 10.3. The number of halogens is 1. The number of aliphatic hydroxyl groups is 2. The van der Waals surface area contributed by atoms with Crippen LogP contribution in [0.3, 0.4) is 0 Å². The SMILES string of the molecule is Nc1nc2c(nnn2C2CC(CO)C(F)C2O)c(=O)[nH]1. The Morgan fingerprint density at radius 2 is 2.30 bits per heavy atom. The van der Waals surface area contributed by atoms with Gasteiger partial charge in [-0.05, 0) is 6.42 Å². The second kappa shape index (κ2) is 4.49. The van der Waals surface area contributed by atoms with E-state index in [0.717, 1.165) is 0 Å². The monoisotopic (exact) mass is 284 g/mol. The normalized spacial score (nSPS) is 30.1. The van der Waals surface area contributed by atoms with Crippen molar-refractivity contribution in [1.29, 1.82) is 0 Å². The van der Waals surface area contributed by atoms with Crippen LogP contribution >= 0.6 is 0 Å². The molecule has 3 rings (SSSR count). The van der Waals surface area contributed by atoms with Gasteiger partial charge in [-0.15, -0.1) is 5.10 Å². The molecule has 9 nitrogen and oxygen atoms in total. The molecule has 1 fully saturated rings. The van der Waals surface area contributed by atoms with Crippen molar-refractivity contribution in [3.8, 4) is 0 Å². The van der Waals surface area contributed by atoms with Crippen LogP contribution in [0.4, 0.5) is 10.3 Å². The topological polar surface area (TPSA) is 143 Å². The maximum atomic E-state index is 13.8.